The predicted octanol–water partition coefficient (Wildman–Crippen LogP) is 1.41. The second-order valence-electron chi connectivity index (χ2n) is 6.78. The molecule has 146 valence electrons. The average molecular weight is 457 g/mol. The molecule has 3 aromatic rings. The number of benzene rings is 3. The first-order valence-electron chi connectivity index (χ1n) is 9.25. The molecule has 0 heterocycles. The van der Waals surface area contributed by atoms with E-state index < -0.39 is 7.26 Å². The van der Waals surface area contributed by atoms with Crippen LogP contribution in [0, 0.1) is 13.8 Å². The summed E-state index contributed by atoms with van der Waals surface area (Å²) in [7, 11) is -1.81. The van der Waals surface area contributed by atoms with Gasteiger partial charge in [0.15, 0.2) is 0 Å². The van der Waals surface area contributed by atoms with Gasteiger partial charge in [-0.15, -0.1) is 0 Å². The van der Waals surface area contributed by atoms with E-state index in [1.54, 1.807) is 0 Å². The van der Waals surface area contributed by atoms with Crippen LogP contribution in [-0.2, 0) is 4.74 Å². The van der Waals surface area contributed by atoms with E-state index in [4.69, 9.17) is 4.74 Å². The second-order valence-corrected chi connectivity index (χ2v) is 10.3. The summed E-state index contributed by atoms with van der Waals surface area (Å²) in [5, 5.41) is 3.98. The van der Waals surface area contributed by atoms with Crippen LogP contribution in [0.2, 0.25) is 0 Å². The Hall–Kier alpha value is -1.96. The van der Waals surface area contributed by atoms with Crippen molar-refractivity contribution in [2.75, 3.05) is 13.3 Å². The molecule has 0 unspecified atom stereocenters. The third kappa shape index (κ3) is 4.06. The number of esters is 1. The van der Waals surface area contributed by atoms with Crippen LogP contribution in [0.4, 0.5) is 0 Å². The molecule has 0 radical (unpaired) electrons. The molecule has 0 atom stereocenters. The Morgan fingerprint density at radius 2 is 1.32 bits per heavy atom. The highest BCUT2D eigenvalue weighted by atomic mass is 79.9. The number of ether oxygens (including phenoxy) is 1. The summed E-state index contributed by atoms with van der Waals surface area (Å²) in [5.74, 6) is -0.246. The van der Waals surface area contributed by atoms with E-state index in [2.05, 4.69) is 80.3 Å². The molecule has 0 spiro atoms. The second kappa shape index (κ2) is 9.49. The van der Waals surface area contributed by atoms with Crippen LogP contribution in [0.1, 0.15) is 28.4 Å². The highest BCUT2D eigenvalue weighted by molar-refractivity contribution is 7.95. The fraction of sp³-hybridized carbons (Fsp3) is 0.208. The molecule has 0 aliphatic heterocycles. The number of hydrogen-bond acceptors (Lipinski definition) is 2. The Balaban J connectivity index is 0.00000280. The van der Waals surface area contributed by atoms with Crippen molar-refractivity contribution in [3.63, 3.8) is 0 Å². The molecule has 2 nitrogen and oxygen atoms in total. The topological polar surface area (TPSA) is 26.3 Å². The molecule has 3 aromatic carbocycles. The third-order valence-corrected chi connectivity index (χ3v) is 9.39. The summed E-state index contributed by atoms with van der Waals surface area (Å²) in [5.41, 5.74) is 2.83. The fourth-order valence-electron chi connectivity index (χ4n) is 3.60. The Morgan fingerprint density at radius 3 is 1.79 bits per heavy atom. The highest BCUT2D eigenvalue weighted by Gasteiger charge is 2.41. The summed E-state index contributed by atoms with van der Waals surface area (Å²) in [6.07, 6.45) is 0. The molecular weight excluding hydrogens is 431 g/mol. The number of hydrogen-bond donors (Lipinski definition) is 0. The van der Waals surface area contributed by atoms with Crippen LogP contribution in [0.3, 0.4) is 0 Å². The zero-order valence-corrected chi connectivity index (χ0v) is 19.3. The standard InChI is InChI=1S/C24H26O2P.BrH/c1-5-26-24(25)22-16-17-23(19(3)18(22)2)27(4,20-12-8-6-9-13-20)21-14-10-7-11-15-21;/h6-17H,5H2,1-4H3;1H/q+1;/p-1. The normalized spacial score (nSPS) is 10.9. The van der Waals surface area contributed by atoms with Gasteiger partial charge >= 0.3 is 5.97 Å². The first-order chi connectivity index (χ1) is 13.0. The highest BCUT2D eigenvalue weighted by Crippen LogP contribution is 2.52. The van der Waals surface area contributed by atoms with Gasteiger partial charge in [0.05, 0.1) is 18.8 Å². The average Bonchev–Trinajstić information content (AvgIpc) is 2.71. The lowest BCUT2D eigenvalue weighted by atomic mass is 10.0. The molecule has 0 aromatic heterocycles. The zero-order chi connectivity index (χ0) is 19.4. The van der Waals surface area contributed by atoms with E-state index in [1.807, 2.05) is 19.9 Å². The molecular formula is C24H26BrO2P. The Labute approximate surface area is 179 Å². The van der Waals surface area contributed by atoms with Gasteiger partial charge in [0.25, 0.3) is 0 Å². The van der Waals surface area contributed by atoms with Gasteiger partial charge in [-0.25, -0.2) is 4.79 Å². The maximum atomic E-state index is 12.3. The number of carbonyl (C=O) groups excluding carboxylic acids is 1. The van der Waals surface area contributed by atoms with Crippen LogP contribution < -0.4 is 32.9 Å². The SMILES string of the molecule is CCOC(=O)c1ccc([P+](C)(c2ccccc2)c2ccccc2)c(C)c1C.[Br-]. The first-order valence-corrected chi connectivity index (χ1v) is 11.5. The lowest BCUT2D eigenvalue weighted by Gasteiger charge is -2.26. The van der Waals surface area contributed by atoms with Crippen LogP contribution in [0.5, 0.6) is 0 Å². The van der Waals surface area contributed by atoms with Gasteiger partial charge in [-0.2, -0.15) is 0 Å². The van der Waals surface area contributed by atoms with Gasteiger partial charge in [0.2, 0.25) is 0 Å². The molecule has 0 saturated heterocycles. The van der Waals surface area contributed by atoms with Crippen LogP contribution in [0.15, 0.2) is 72.8 Å². The van der Waals surface area contributed by atoms with E-state index in [0.29, 0.717) is 12.2 Å². The summed E-state index contributed by atoms with van der Waals surface area (Å²) in [6, 6.07) is 25.5. The van der Waals surface area contributed by atoms with Gasteiger partial charge in [-0.05, 0) is 68.3 Å². The van der Waals surface area contributed by atoms with Crippen molar-refractivity contribution in [1.82, 2.24) is 0 Å². The molecule has 0 aliphatic carbocycles. The van der Waals surface area contributed by atoms with Crippen molar-refractivity contribution >= 4 is 29.1 Å². The monoisotopic (exact) mass is 456 g/mol. The van der Waals surface area contributed by atoms with Gasteiger partial charge in [-0.1, -0.05) is 36.4 Å². The molecule has 3 rings (SSSR count). The maximum absolute atomic E-state index is 12.3. The lowest BCUT2D eigenvalue weighted by Crippen LogP contribution is -3.00. The first kappa shape index (κ1) is 22.3. The maximum Gasteiger partial charge on any atom is 0.338 e. The van der Waals surface area contributed by atoms with Gasteiger partial charge in [0.1, 0.15) is 23.2 Å². The number of halogens is 1. The summed E-state index contributed by atoms with van der Waals surface area (Å²) in [6.45, 7) is 8.73. The molecule has 28 heavy (non-hydrogen) atoms. The molecule has 0 amide bonds. The molecule has 0 saturated carbocycles. The molecule has 0 fully saturated rings. The van der Waals surface area contributed by atoms with E-state index in [0.717, 1.165) is 5.56 Å². The van der Waals surface area contributed by atoms with Crippen molar-refractivity contribution < 1.29 is 26.5 Å². The molecule has 4 heteroatoms. The Kier molecular flexibility index (Phi) is 7.57. The minimum atomic E-state index is -1.81. The minimum Gasteiger partial charge on any atom is -1.00 e. The summed E-state index contributed by atoms with van der Waals surface area (Å²) >= 11 is 0. The van der Waals surface area contributed by atoms with E-state index >= 15 is 0 Å². The minimum absolute atomic E-state index is 0. The number of carbonyl (C=O) groups is 1. The molecule has 0 aliphatic rings. The lowest BCUT2D eigenvalue weighted by molar-refractivity contribution is -0.0000237. The van der Waals surface area contributed by atoms with Crippen molar-refractivity contribution in [2.45, 2.75) is 20.8 Å². The van der Waals surface area contributed by atoms with Crippen LogP contribution in [-0.4, -0.2) is 19.2 Å². The Morgan fingerprint density at radius 1 is 0.821 bits per heavy atom. The van der Waals surface area contributed by atoms with E-state index in [9.17, 15) is 4.79 Å². The van der Waals surface area contributed by atoms with Crippen molar-refractivity contribution in [3.05, 3.63) is 89.5 Å². The quantitative estimate of drug-likeness (QED) is 0.428. The number of rotatable bonds is 5. The van der Waals surface area contributed by atoms with Crippen molar-refractivity contribution in [2.24, 2.45) is 0 Å². The van der Waals surface area contributed by atoms with Crippen LogP contribution >= 0.6 is 7.26 Å². The van der Waals surface area contributed by atoms with Crippen molar-refractivity contribution in [3.8, 4) is 0 Å². The predicted molar refractivity (Wildman–Crippen MR) is 117 cm³/mol. The van der Waals surface area contributed by atoms with Crippen molar-refractivity contribution in [1.29, 1.82) is 0 Å². The van der Waals surface area contributed by atoms with Gasteiger partial charge in [0, 0.05) is 0 Å². The van der Waals surface area contributed by atoms with E-state index in [1.165, 1.54) is 21.5 Å². The zero-order valence-electron chi connectivity index (χ0n) is 16.8. The Bertz CT molecular complexity index is 900. The molecule has 0 N–H and O–H groups in total. The van der Waals surface area contributed by atoms with Crippen LogP contribution in [0.25, 0.3) is 0 Å². The summed E-state index contributed by atoms with van der Waals surface area (Å²) in [4.78, 5) is 12.3. The smallest absolute Gasteiger partial charge is 0.338 e. The fourth-order valence-corrected chi connectivity index (χ4v) is 7.20. The molecule has 0 bridgehead atoms. The van der Waals surface area contributed by atoms with Gasteiger partial charge in [-0.3, -0.25) is 0 Å². The van der Waals surface area contributed by atoms with Gasteiger partial charge < -0.3 is 21.7 Å². The third-order valence-electron chi connectivity index (χ3n) is 5.28. The largest absolute Gasteiger partial charge is 1.00 e. The summed E-state index contributed by atoms with van der Waals surface area (Å²) < 4.78 is 5.23. The van der Waals surface area contributed by atoms with E-state index in [-0.39, 0.29) is 23.0 Å².